The molecule has 8 heteroatoms. The second-order valence-electron chi connectivity index (χ2n) is 7.96. The SMILES string of the molecule is COc1ccccc1C1=C[C@@H]2c3ccccc3OC3(CCN(S(C)(=O)=O)CC3)N2N1. The van der Waals surface area contributed by atoms with Crippen molar-refractivity contribution in [2.24, 2.45) is 0 Å². The van der Waals surface area contributed by atoms with Crippen LogP contribution in [0.5, 0.6) is 11.5 Å². The van der Waals surface area contributed by atoms with E-state index >= 15 is 0 Å². The predicted molar refractivity (Wildman–Crippen MR) is 114 cm³/mol. The number of sulfonamides is 1. The van der Waals surface area contributed by atoms with Gasteiger partial charge < -0.3 is 14.9 Å². The van der Waals surface area contributed by atoms with Gasteiger partial charge in [0.2, 0.25) is 10.0 Å². The fraction of sp³-hybridized carbons (Fsp3) is 0.364. The summed E-state index contributed by atoms with van der Waals surface area (Å²) in [6, 6.07) is 16.0. The molecule has 0 radical (unpaired) electrons. The Morgan fingerprint density at radius 2 is 1.80 bits per heavy atom. The van der Waals surface area contributed by atoms with Crippen molar-refractivity contribution in [3.8, 4) is 11.5 Å². The smallest absolute Gasteiger partial charge is 0.211 e. The van der Waals surface area contributed by atoms with Crippen LogP contribution in [0.15, 0.2) is 54.6 Å². The summed E-state index contributed by atoms with van der Waals surface area (Å²) >= 11 is 0. The third-order valence-corrected chi connectivity index (χ3v) is 7.49. The summed E-state index contributed by atoms with van der Waals surface area (Å²) in [6.45, 7) is 0.853. The number of hydrogen-bond donors (Lipinski definition) is 1. The number of benzene rings is 2. The molecule has 2 aromatic rings. The molecule has 30 heavy (non-hydrogen) atoms. The lowest BCUT2D eigenvalue weighted by Crippen LogP contribution is -2.64. The van der Waals surface area contributed by atoms with Crippen LogP contribution in [-0.4, -0.2) is 49.9 Å². The van der Waals surface area contributed by atoms with Crippen molar-refractivity contribution in [3.05, 3.63) is 65.7 Å². The first-order chi connectivity index (χ1) is 14.4. The zero-order chi connectivity index (χ0) is 20.9. The quantitative estimate of drug-likeness (QED) is 0.812. The van der Waals surface area contributed by atoms with Gasteiger partial charge >= 0.3 is 0 Å². The maximum absolute atomic E-state index is 12.0. The van der Waals surface area contributed by atoms with Crippen LogP contribution in [0.2, 0.25) is 0 Å². The topological polar surface area (TPSA) is 71.1 Å². The predicted octanol–water partition coefficient (Wildman–Crippen LogP) is 2.74. The first kappa shape index (κ1) is 19.4. The van der Waals surface area contributed by atoms with E-state index in [1.54, 1.807) is 7.11 Å². The normalized spacial score (nSPS) is 23.1. The Labute approximate surface area is 176 Å². The van der Waals surface area contributed by atoms with Gasteiger partial charge in [0.1, 0.15) is 11.5 Å². The minimum atomic E-state index is -3.22. The van der Waals surface area contributed by atoms with Gasteiger partial charge in [-0.1, -0.05) is 30.3 Å². The summed E-state index contributed by atoms with van der Waals surface area (Å²) in [7, 11) is -1.55. The van der Waals surface area contributed by atoms with E-state index in [1.807, 2.05) is 42.5 Å². The van der Waals surface area contributed by atoms with Gasteiger partial charge in [-0.2, -0.15) is 5.01 Å². The zero-order valence-corrected chi connectivity index (χ0v) is 17.9. The van der Waals surface area contributed by atoms with Crippen molar-refractivity contribution >= 4 is 15.7 Å². The van der Waals surface area contributed by atoms with Crippen molar-refractivity contribution in [2.45, 2.75) is 24.6 Å². The van der Waals surface area contributed by atoms with Crippen LogP contribution < -0.4 is 14.9 Å². The fourth-order valence-electron chi connectivity index (χ4n) is 4.65. The molecule has 1 atom stereocenters. The van der Waals surface area contributed by atoms with Crippen LogP contribution >= 0.6 is 0 Å². The summed E-state index contributed by atoms with van der Waals surface area (Å²) in [5, 5.41) is 2.15. The highest BCUT2D eigenvalue weighted by atomic mass is 32.2. The van der Waals surface area contributed by atoms with Crippen molar-refractivity contribution < 1.29 is 17.9 Å². The van der Waals surface area contributed by atoms with Crippen molar-refractivity contribution in [1.29, 1.82) is 0 Å². The standard InChI is InChI=1S/C22H25N3O4S/c1-28-20-9-5-3-7-16(20)18-15-19-17-8-4-6-10-21(17)29-22(25(19)23-18)11-13-24(14-12-22)30(2,26)27/h3-10,15,19,23H,11-14H2,1-2H3/t19-/m1/s1. The third-order valence-electron chi connectivity index (χ3n) is 6.19. The van der Waals surface area contributed by atoms with Crippen LogP contribution in [-0.2, 0) is 10.0 Å². The Hall–Kier alpha value is -2.55. The number of rotatable bonds is 3. The van der Waals surface area contributed by atoms with Gasteiger partial charge in [0.05, 0.1) is 25.1 Å². The van der Waals surface area contributed by atoms with Crippen LogP contribution in [0.4, 0.5) is 0 Å². The number of piperidine rings is 1. The Morgan fingerprint density at radius 1 is 1.10 bits per heavy atom. The van der Waals surface area contributed by atoms with Crippen LogP contribution in [0.25, 0.3) is 5.70 Å². The highest BCUT2D eigenvalue weighted by molar-refractivity contribution is 7.88. The summed E-state index contributed by atoms with van der Waals surface area (Å²) in [4.78, 5) is 0. The molecule has 0 amide bonds. The van der Waals surface area contributed by atoms with Gasteiger partial charge in [-0.25, -0.2) is 12.7 Å². The summed E-state index contributed by atoms with van der Waals surface area (Å²) < 4.78 is 37.7. The average Bonchev–Trinajstić information content (AvgIpc) is 3.20. The van der Waals surface area contributed by atoms with E-state index in [2.05, 4.69) is 22.6 Å². The van der Waals surface area contributed by atoms with Gasteiger partial charge in [0.25, 0.3) is 0 Å². The molecule has 0 aliphatic carbocycles. The minimum absolute atomic E-state index is 0.0142. The van der Waals surface area contributed by atoms with E-state index in [1.165, 1.54) is 10.6 Å². The molecule has 1 spiro atoms. The fourth-order valence-corrected chi connectivity index (χ4v) is 5.50. The summed E-state index contributed by atoms with van der Waals surface area (Å²) in [5.74, 6) is 1.65. The highest BCUT2D eigenvalue weighted by Gasteiger charge is 2.52. The second-order valence-corrected chi connectivity index (χ2v) is 9.94. The molecule has 1 saturated heterocycles. The molecule has 0 bridgehead atoms. The molecule has 1 fully saturated rings. The number of nitrogens with zero attached hydrogens (tertiary/aromatic N) is 2. The number of fused-ring (bicyclic) bond motifs is 4. The number of para-hydroxylation sites is 2. The van der Waals surface area contributed by atoms with E-state index in [9.17, 15) is 8.42 Å². The lowest BCUT2D eigenvalue weighted by Gasteiger charge is -2.51. The first-order valence-corrected chi connectivity index (χ1v) is 11.9. The summed E-state index contributed by atoms with van der Waals surface area (Å²) in [6.07, 6.45) is 4.61. The van der Waals surface area contributed by atoms with Crippen molar-refractivity contribution in [3.63, 3.8) is 0 Å². The number of hydrogen-bond acceptors (Lipinski definition) is 6. The van der Waals surface area contributed by atoms with Gasteiger partial charge in [-0.3, -0.25) is 0 Å². The van der Waals surface area contributed by atoms with Gasteiger partial charge in [0, 0.05) is 37.1 Å². The lowest BCUT2D eigenvalue weighted by atomic mass is 9.93. The van der Waals surface area contributed by atoms with E-state index in [4.69, 9.17) is 9.47 Å². The average molecular weight is 428 g/mol. The highest BCUT2D eigenvalue weighted by Crippen LogP contribution is 2.49. The molecule has 2 aromatic carbocycles. The molecule has 5 rings (SSSR count). The molecule has 3 heterocycles. The van der Waals surface area contributed by atoms with Gasteiger partial charge in [0.15, 0.2) is 5.72 Å². The molecule has 3 aliphatic rings. The first-order valence-electron chi connectivity index (χ1n) is 10.1. The van der Waals surface area contributed by atoms with Crippen LogP contribution in [0.1, 0.15) is 30.0 Å². The molecule has 0 saturated carbocycles. The molecule has 7 nitrogen and oxygen atoms in total. The third kappa shape index (κ3) is 3.07. The maximum atomic E-state index is 12.0. The lowest BCUT2D eigenvalue weighted by molar-refractivity contribution is -0.153. The summed E-state index contributed by atoms with van der Waals surface area (Å²) in [5.41, 5.74) is 5.97. The Kier molecular flexibility index (Phi) is 4.53. The molecular formula is C22H25N3O4S. The largest absolute Gasteiger partial charge is 0.496 e. The minimum Gasteiger partial charge on any atom is -0.496 e. The number of nitrogens with one attached hydrogen (secondary N) is 1. The molecular weight excluding hydrogens is 402 g/mol. The Balaban J connectivity index is 1.54. The number of hydrazine groups is 1. The second kappa shape index (κ2) is 7.01. The Morgan fingerprint density at radius 3 is 2.53 bits per heavy atom. The Bertz CT molecular complexity index is 1110. The monoisotopic (exact) mass is 427 g/mol. The zero-order valence-electron chi connectivity index (χ0n) is 17.0. The van der Waals surface area contributed by atoms with Crippen molar-refractivity contribution in [2.75, 3.05) is 26.5 Å². The van der Waals surface area contributed by atoms with Crippen LogP contribution in [0, 0.1) is 0 Å². The molecule has 0 unspecified atom stereocenters. The maximum Gasteiger partial charge on any atom is 0.211 e. The van der Waals surface area contributed by atoms with Gasteiger partial charge in [-0.15, -0.1) is 0 Å². The van der Waals surface area contributed by atoms with E-state index in [-0.39, 0.29) is 6.04 Å². The van der Waals surface area contributed by atoms with E-state index in [0.717, 1.165) is 28.3 Å². The van der Waals surface area contributed by atoms with Gasteiger partial charge in [-0.05, 0) is 24.3 Å². The number of methoxy groups -OCH3 is 1. The molecule has 158 valence electrons. The van der Waals surface area contributed by atoms with E-state index in [0.29, 0.717) is 25.9 Å². The van der Waals surface area contributed by atoms with Crippen molar-refractivity contribution in [1.82, 2.24) is 14.7 Å². The molecule has 0 aromatic heterocycles. The molecule has 1 N–H and O–H groups in total. The number of ether oxygens (including phenoxy) is 2. The molecule has 3 aliphatic heterocycles. The van der Waals surface area contributed by atoms with Crippen LogP contribution in [0.3, 0.4) is 0 Å². The van der Waals surface area contributed by atoms with E-state index < -0.39 is 15.7 Å².